The average molecular weight is 279 g/mol. The number of nitrogens with zero attached hydrogens (tertiary/aromatic N) is 2. The molecule has 3 rings (SSSR count). The lowest BCUT2D eigenvalue weighted by molar-refractivity contribution is 0.590. The van der Waals surface area contributed by atoms with Crippen LogP contribution in [0.15, 0.2) is 0 Å². The van der Waals surface area contributed by atoms with E-state index in [2.05, 4.69) is 31.0 Å². The van der Waals surface area contributed by atoms with Gasteiger partial charge in [0.1, 0.15) is 0 Å². The Balaban J connectivity index is 1.79. The van der Waals surface area contributed by atoms with Gasteiger partial charge in [0.25, 0.3) is 0 Å². The van der Waals surface area contributed by atoms with Gasteiger partial charge in [-0.15, -0.1) is 11.3 Å². The molecular formula is C15H25N3S. The van der Waals surface area contributed by atoms with Crippen LogP contribution in [0.5, 0.6) is 0 Å². The van der Waals surface area contributed by atoms with Crippen LogP contribution in [-0.2, 0) is 6.54 Å². The minimum Gasteiger partial charge on any atom is -0.345 e. The zero-order valence-corrected chi connectivity index (χ0v) is 13.1. The molecule has 106 valence electrons. The third kappa shape index (κ3) is 2.95. The fourth-order valence-electron chi connectivity index (χ4n) is 2.79. The molecule has 0 aromatic carbocycles. The van der Waals surface area contributed by atoms with Crippen molar-refractivity contribution in [2.24, 2.45) is 0 Å². The Labute approximate surface area is 120 Å². The Morgan fingerprint density at radius 1 is 1.37 bits per heavy atom. The molecule has 0 radical (unpaired) electrons. The topological polar surface area (TPSA) is 28.2 Å². The molecule has 0 amide bonds. The van der Waals surface area contributed by atoms with Gasteiger partial charge in [-0.1, -0.05) is 13.8 Å². The molecule has 2 heterocycles. The van der Waals surface area contributed by atoms with Crippen molar-refractivity contribution < 1.29 is 0 Å². The van der Waals surface area contributed by atoms with E-state index in [0.29, 0.717) is 12.1 Å². The average Bonchev–Trinajstić information content (AvgIpc) is 2.98. The number of nitrogens with one attached hydrogen (secondary N) is 1. The lowest BCUT2D eigenvalue weighted by Crippen LogP contribution is -2.25. The summed E-state index contributed by atoms with van der Waals surface area (Å²) >= 11 is 1.92. The lowest BCUT2D eigenvalue weighted by Gasteiger charge is -2.19. The lowest BCUT2D eigenvalue weighted by atomic mass is 10.2. The highest BCUT2D eigenvalue weighted by atomic mass is 32.1. The molecule has 1 aliphatic carbocycles. The molecule has 1 aromatic heterocycles. The number of thiazole rings is 1. The van der Waals surface area contributed by atoms with E-state index in [9.17, 15) is 0 Å². The summed E-state index contributed by atoms with van der Waals surface area (Å²) in [6.07, 6.45) is 5.32. The van der Waals surface area contributed by atoms with E-state index in [0.717, 1.165) is 12.5 Å². The molecule has 1 unspecified atom stereocenters. The quantitative estimate of drug-likeness (QED) is 0.894. The molecule has 1 aromatic rings. The fraction of sp³-hybridized carbons (Fsp3) is 0.800. The van der Waals surface area contributed by atoms with Crippen molar-refractivity contribution >= 4 is 16.5 Å². The van der Waals surface area contributed by atoms with Crippen molar-refractivity contribution in [1.82, 2.24) is 10.3 Å². The van der Waals surface area contributed by atoms with Crippen molar-refractivity contribution in [2.75, 3.05) is 11.4 Å². The Bertz CT molecular complexity index is 437. The molecule has 0 bridgehead atoms. The van der Waals surface area contributed by atoms with Crippen LogP contribution in [-0.4, -0.2) is 23.6 Å². The van der Waals surface area contributed by atoms with Gasteiger partial charge in [0.05, 0.1) is 5.69 Å². The van der Waals surface area contributed by atoms with Crippen LogP contribution in [0, 0.1) is 0 Å². The summed E-state index contributed by atoms with van der Waals surface area (Å²) in [6, 6.07) is 1.22. The minimum absolute atomic E-state index is 0.545. The number of anilines is 1. The SMILES string of the molecule is CC(C)NCc1sc(N2CCCC2C)nc1C1CC1. The molecule has 1 N–H and O–H groups in total. The van der Waals surface area contributed by atoms with Gasteiger partial charge in [0.2, 0.25) is 0 Å². The Morgan fingerprint density at radius 3 is 2.74 bits per heavy atom. The summed E-state index contributed by atoms with van der Waals surface area (Å²) in [5, 5.41) is 4.82. The Kier molecular flexibility index (Phi) is 3.81. The first-order valence-electron chi connectivity index (χ1n) is 7.64. The van der Waals surface area contributed by atoms with E-state index in [1.54, 1.807) is 0 Å². The van der Waals surface area contributed by atoms with Crippen LogP contribution in [0.3, 0.4) is 0 Å². The van der Waals surface area contributed by atoms with Crippen molar-refractivity contribution in [3.05, 3.63) is 10.6 Å². The molecule has 3 nitrogen and oxygen atoms in total. The minimum atomic E-state index is 0.545. The second kappa shape index (κ2) is 5.41. The van der Waals surface area contributed by atoms with Gasteiger partial charge in [0, 0.05) is 36.0 Å². The van der Waals surface area contributed by atoms with Crippen molar-refractivity contribution in [2.45, 2.75) is 71.0 Å². The van der Waals surface area contributed by atoms with Crippen LogP contribution >= 0.6 is 11.3 Å². The first-order valence-corrected chi connectivity index (χ1v) is 8.46. The third-order valence-electron chi connectivity index (χ3n) is 4.15. The molecular weight excluding hydrogens is 254 g/mol. The van der Waals surface area contributed by atoms with Gasteiger partial charge < -0.3 is 10.2 Å². The van der Waals surface area contributed by atoms with Gasteiger partial charge in [-0.3, -0.25) is 0 Å². The summed E-state index contributed by atoms with van der Waals surface area (Å²) in [6.45, 7) is 8.93. The molecule has 0 spiro atoms. The van der Waals surface area contributed by atoms with E-state index in [1.807, 2.05) is 11.3 Å². The molecule has 1 atom stereocenters. The second-order valence-corrected chi connectivity index (χ2v) is 7.36. The van der Waals surface area contributed by atoms with Gasteiger partial charge in [-0.25, -0.2) is 4.98 Å². The first-order chi connectivity index (χ1) is 9.15. The van der Waals surface area contributed by atoms with Crippen LogP contribution in [0.25, 0.3) is 0 Å². The summed E-state index contributed by atoms with van der Waals surface area (Å²) in [5.74, 6) is 0.756. The largest absolute Gasteiger partial charge is 0.345 e. The Hall–Kier alpha value is -0.610. The predicted molar refractivity (Wildman–Crippen MR) is 82.1 cm³/mol. The Morgan fingerprint density at radius 2 is 2.16 bits per heavy atom. The predicted octanol–water partition coefficient (Wildman–Crippen LogP) is 3.51. The molecule has 4 heteroatoms. The highest BCUT2D eigenvalue weighted by Gasteiger charge is 2.32. The highest BCUT2D eigenvalue weighted by Crippen LogP contribution is 2.44. The highest BCUT2D eigenvalue weighted by molar-refractivity contribution is 7.15. The zero-order chi connectivity index (χ0) is 13.4. The summed E-state index contributed by atoms with van der Waals surface area (Å²) < 4.78 is 0. The van der Waals surface area contributed by atoms with E-state index in [4.69, 9.17) is 4.98 Å². The fourth-order valence-corrected chi connectivity index (χ4v) is 4.02. The van der Waals surface area contributed by atoms with Gasteiger partial charge in [-0.05, 0) is 32.6 Å². The van der Waals surface area contributed by atoms with Gasteiger partial charge in [-0.2, -0.15) is 0 Å². The smallest absolute Gasteiger partial charge is 0.186 e. The molecule has 1 saturated carbocycles. The van der Waals surface area contributed by atoms with Gasteiger partial charge >= 0.3 is 0 Å². The summed E-state index contributed by atoms with van der Waals surface area (Å²) in [7, 11) is 0. The maximum atomic E-state index is 4.99. The number of aromatic nitrogens is 1. The molecule has 2 fully saturated rings. The van der Waals surface area contributed by atoms with Crippen LogP contribution in [0.4, 0.5) is 5.13 Å². The van der Waals surface area contributed by atoms with E-state index >= 15 is 0 Å². The second-order valence-electron chi connectivity index (χ2n) is 6.30. The monoisotopic (exact) mass is 279 g/mol. The number of rotatable bonds is 5. The number of hydrogen-bond acceptors (Lipinski definition) is 4. The van der Waals surface area contributed by atoms with E-state index < -0.39 is 0 Å². The summed E-state index contributed by atoms with van der Waals surface area (Å²) in [5.41, 5.74) is 1.40. The van der Waals surface area contributed by atoms with Crippen LogP contribution in [0.2, 0.25) is 0 Å². The van der Waals surface area contributed by atoms with E-state index in [1.165, 1.54) is 47.9 Å². The van der Waals surface area contributed by atoms with Crippen molar-refractivity contribution in [3.63, 3.8) is 0 Å². The maximum absolute atomic E-state index is 4.99. The molecule has 2 aliphatic rings. The first kappa shape index (κ1) is 13.4. The summed E-state index contributed by atoms with van der Waals surface area (Å²) in [4.78, 5) is 8.97. The molecule has 1 aliphatic heterocycles. The molecule has 1 saturated heterocycles. The van der Waals surface area contributed by atoms with Crippen molar-refractivity contribution in [1.29, 1.82) is 0 Å². The normalized spacial score (nSPS) is 23.6. The van der Waals surface area contributed by atoms with E-state index in [-0.39, 0.29) is 0 Å². The van der Waals surface area contributed by atoms with Crippen molar-refractivity contribution in [3.8, 4) is 0 Å². The standard InChI is InChI=1S/C15H25N3S/c1-10(2)16-9-13-14(12-6-7-12)17-15(19-13)18-8-4-5-11(18)3/h10-12,16H,4-9H2,1-3H3. The molecule has 19 heavy (non-hydrogen) atoms. The number of hydrogen-bond donors (Lipinski definition) is 1. The van der Waals surface area contributed by atoms with Crippen LogP contribution in [0.1, 0.15) is 62.9 Å². The zero-order valence-electron chi connectivity index (χ0n) is 12.3. The third-order valence-corrected chi connectivity index (χ3v) is 5.26. The maximum Gasteiger partial charge on any atom is 0.186 e. The van der Waals surface area contributed by atoms with Crippen LogP contribution < -0.4 is 10.2 Å². The van der Waals surface area contributed by atoms with Gasteiger partial charge in [0.15, 0.2) is 5.13 Å².